The van der Waals surface area contributed by atoms with Gasteiger partial charge >= 0.3 is 0 Å². The van der Waals surface area contributed by atoms with Gasteiger partial charge < -0.3 is 19.5 Å². The Morgan fingerprint density at radius 1 is 1.05 bits per heavy atom. The molecule has 4 aromatic rings. The van der Waals surface area contributed by atoms with E-state index in [0.29, 0.717) is 23.6 Å². The van der Waals surface area contributed by atoms with Crippen molar-refractivity contribution < 1.29 is 19.0 Å². The molecule has 0 spiro atoms. The fourth-order valence-electron chi connectivity index (χ4n) is 4.06. The van der Waals surface area contributed by atoms with E-state index in [1.165, 1.54) is 0 Å². The Morgan fingerprint density at radius 2 is 1.84 bits per heavy atom. The zero-order chi connectivity index (χ0) is 25.8. The molecule has 37 heavy (non-hydrogen) atoms. The molecule has 3 aromatic carbocycles. The third-order valence-electron chi connectivity index (χ3n) is 6.01. The molecule has 0 bridgehead atoms. The Kier molecular flexibility index (Phi) is 7.32. The van der Waals surface area contributed by atoms with Gasteiger partial charge in [0, 0.05) is 29.5 Å². The number of rotatable bonds is 9. The molecule has 2 heterocycles. The Morgan fingerprint density at radius 3 is 2.62 bits per heavy atom. The third-order valence-corrected chi connectivity index (χ3v) is 6.99. The van der Waals surface area contributed by atoms with E-state index in [0.717, 1.165) is 39.3 Å². The van der Waals surface area contributed by atoms with E-state index in [-0.39, 0.29) is 18.6 Å². The fourth-order valence-corrected chi connectivity index (χ4v) is 5.02. The van der Waals surface area contributed by atoms with Gasteiger partial charge in [0.2, 0.25) is 6.79 Å². The van der Waals surface area contributed by atoms with E-state index >= 15 is 0 Å². The molecule has 1 aromatic heterocycles. The average molecular weight is 517 g/mol. The molecule has 0 aliphatic carbocycles. The Labute approximate surface area is 220 Å². The van der Waals surface area contributed by atoms with Crippen LogP contribution in [-0.2, 0) is 12.3 Å². The summed E-state index contributed by atoms with van der Waals surface area (Å²) in [4.78, 5) is 13.1. The summed E-state index contributed by atoms with van der Waals surface area (Å²) in [5.41, 5.74) is 3.46. The van der Waals surface area contributed by atoms with Gasteiger partial charge in [0.15, 0.2) is 16.7 Å². The second-order valence-corrected chi connectivity index (χ2v) is 9.79. The highest BCUT2D eigenvalue weighted by atomic mass is 32.2. The highest BCUT2D eigenvalue weighted by Gasteiger charge is 2.19. The number of hydrogen-bond donors (Lipinski definition) is 1. The van der Waals surface area contributed by atoms with Crippen LogP contribution in [0.1, 0.15) is 47.1 Å². The fraction of sp³-hybridized carbons (Fsp3) is 0.250. The van der Waals surface area contributed by atoms with Crippen LogP contribution in [-0.4, -0.2) is 34.6 Å². The van der Waals surface area contributed by atoms with Crippen molar-refractivity contribution in [3.05, 3.63) is 89.2 Å². The Balaban J connectivity index is 1.31. The molecule has 0 radical (unpaired) electrons. The highest BCUT2D eigenvalue weighted by Crippen LogP contribution is 2.33. The van der Waals surface area contributed by atoms with Crippen LogP contribution in [0.5, 0.6) is 17.2 Å². The van der Waals surface area contributed by atoms with Crippen molar-refractivity contribution in [2.45, 2.75) is 37.2 Å². The minimum Gasteiger partial charge on any atom is -0.497 e. The quantitative estimate of drug-likeness (QED) is 0.300. The number of ether oxygens (including phenoxy) is 3. The first-order valence-electron chi connectivity index (χ1n) is 12.0. The Bertz CT molecular complexity index is 1400. The van der Waals surface area contributed by atoms with Gasteiger partial charge in [-0.3, -0.25) is 9.36 Å². The van der Waals surface area contributed by atoms with Crippen LogP contribution in [0.15, 0.2) is 71.9 Å². The Hall–Kier alpha value is -3.98. The maximum Gasteiger partial charge on any atom is 0.251 e. The van der Waals surface area contributed by atoms with Crippen molar-refractivity contribution in [2.75, 3.05) is 13.9 Å². The first-order valence-corrected chi connectivity index (χ1v) is 13.0. The van der Waals surface area contributed by atoms with E-state index in [1.54, 1.807) is 18.9 Å². The van der Waals surface area contributed by atoms with Crippen molar-refractivity contribution in [3.63, 3.8) is 0 Å². The lowest BCUT2D eigenvalue weighted by molar-refractivity contribution is 0.0950. The number of hydrogen-bond acceptors (Lipinski definition) is 7. The number of fused-ring (bicyclic) bond motifs is 1. The number of nitrogens with zero attached hydrogens (tertiary/aromatic N) is 3. The lowest BCUT2D eigenvalue weighted by Gasteiger charge is -2.13. The molecular formula is C28H28N4O4S. The van der Waals surface area contributed by atoms with Gasteiger partial charge in [-0.25, -0.2) is 0 Å². The second kappa shape index (κ2) is 11.0. The maximum atomic E-state index is 13.1. The van der Waals surface area contributed by atoms with E-state index in [9.17, 15) is 4.79 Å². The van der Waals surface area contributed by atoms with Crippen molar-refractivity contribution >= 4 is 17.7 Å². The first-order chi connectivity index (χ1) is 18.0. The zero-order valence-corrected chi connectivity index (χ0v) is 21.7. The smallest absolute Gasteiger partial charge is 0.251 e. The topological polar surface area (TPSA) is 87.5 Å². The second-order valence-electron chi connectivity index (χ2n) is 8.85. The zero-order valence-electron chi connectivity index (χ0n) is 20.9. The van der Waals surface area contributed by atoms with Crippen LogP contribution in [0.4, 0.5) is 0 Å². The molecule has 0 unspecified atom stereocenters. The summed E-state index contributed by atoms with van der Waals surface area (Å²) in [7, 11) is 1.65. The molecule has 0 fully saturated rings. The van der Waals surface area contributed by atoms with Crippen molar-refractivity contribution in [1.82, 2.24) is 20.1 Å². The molecule has 1 N–H and O–H groups in total. The van der Waals surface area contributed by atoms with E-state index in [2.05, 4.69) is 33.9 Å². The van der Waals surface area contributed by atoms with Gasteiger partial charge in [-0.2, -0.15) is 0 Å². The van der Waals surface area contributed by atoms with Crippen LogP contribution in [0.25, 0.3) is 5.69 Å². The molecule has 1 aliphatic heterocycles. The summed E-state index contributed by atoms with van der Waals surface area (Å²) in [6.45, 7) is 4.80. The monoisotopic (exact) mass is 516 g/mol. The predicted octanol–water partition coefficient (Wildman–Crippen LogP) is 5.35. The van der Waals surface area contributed by atoms with Gasteiger partial charge in [-0.15, -0.1) is 10.2 Å². The summed E-state index contributed by atoms with van der Waals surface area (Å²) in [6, 6.07) is 21.2. The third kappa shape index (κ3) is 5.41. The standard InChI is InChI=1S/C28H28N4O4S/c1-18(2)26-30-31-28(32(26)21-9-11-22(34-3)12-10-21)37-16-20-6-4-5-7-23(20)27(33)29-15-19-8-13-24-25(14-19)36-17-35-24/h4-14,18H,15-17H2,1-3H3,(H,29,33). The minimum atomic E-state index is -0.131. The number of benzene rings is 3. The lowest BCUT2D eigenvalue weighted by Crippen LogP contribution is -2.23. The number of amides is 1. The SMILES string of the molecule is COc1ccc(-n2c(SCc3ccccc3C(=O)NCc3ccc4c(c3)OCO4)nnc2C(C)C)cc1. The van der Waals surface area contributed by atoms with Crippen LogP contribution >= 0.6 is 11.8 Å². The van der Waals surface area contributed by atoms with Gasteiger partial charge in [-0.1, -0.05) is 49.9 Å². The van der Waals surface area contributed by atoms with E-state index in [1.807, 2.05) is 66.7 Å². The summed E-state index contributed by atoms with van der Waals surface area (Å²) < 4.78 is 18.2. The number of aromatic nitrogens is 3. The molecule has 8 nitrogen and oxygen atoms in total. The van der Waals surface area contributed by atoms with Crippen LogP contribution in [0.3, 0.4) is 0 Å². The number of nitrogens with one attached hydrogen (secondary N) is 1. The molecule has 0 atom stereocenters. The minimum absolute atomic E-state index is 0.131. The molecule has 0 saturated heterocycles. The first kappa shape index (κ1) is 24.7. The number of carbonyl (C=O) groups excluding carboxylic acids is 1. The van der Waals surface area contributed by atoms with E-state index in [4.69, 9.17) is 14.2 Å². The summed E-state index contributed by atoms with van der Waals surface area (Å²) in [6.07, 6.45) is 0. The molecule has 0 saturated carbocycles. The van der Waals surface area contributed by atoms with Gasteiger partial charge in [-0.05, 0) is 53.6 Å². The van der Waals surface area contributed by atoms with Gasteiger partial charge in [0.1, 0.15) is 11.6 Å². The van der Waals surface area contributed by atoms with Crippen molar-refractivity contribution in [2.24, 2.45) is 0 Å². The van der Waals surface area contributed by atoms with Crippen LogP contribution in [0.2, 0.25) is 0 Å². The molecule has 5 rings (SSSR count). The molecule has 9 heteroatoms. The van der Waals surface area contributed by atoms with Gasteiger partial charge in [0.05, 0.1) is 7.11 Å². The van der Waals surface area contributed by atoms with Crippen LogP contribution in [0, 0.1) is 0 Å². The summed E-state index contributed by atoms with van der Waals surface area (Å²) >= 11 is 1.55. The predicted molar refractivity (Wildman–Crippen MR) is 142 cm³/mol. The van der Waals surface area contributed by atoms with Crippen molar-refractivity contribution in [1.29, 1.82) is 0 Å². The molecule has 190 valence electrons. The maximum absolute atomic E-state index is 13.1. The number of methoxy groups -OCH3 is 1. The summed E-state index contributed by atoms with van der Waals surface area (Å²) in [5.74, 6) is 3.72. The number of carbonyl (C=O) groups is 1. The molecule has 1 aliphatic rings. The number of thioether (sulfide) groups is 1. The van der Waals surface area contributed by atoms with Crippen molar-refractivity contribution in [3.8, 4) is 22.9 Å². The average Bonchev–Trinajstić information content (AvgIpc) is 3.57. The normalized spacial score (nSPS) is 12.1. The van der Waals surface area contributed by atoms with Crippen LogP contribution < -0.4 is 19.5 Å². The highest BCUT2D eigenvalue weighted by molar-refractivity contribution is 7.98. The van der Waals surface area contributed by atoms with Gasteiger partial charge in [0.25, 0.3) is 5.91 Å². The summed E-state index contributed by atoms with van der Waals surface area (Å²) in [5, 5.41) is 12.7. The molecular weight excluding hydrogens is 488 g/mol. The van der Waals surface area contributed by atoms with E-state index < -0.39 is 0 Å². The lowest BCUT2D eigenvalue weighted by atomic mass is 10.1. The largest absolute Gasteiger partial charge is 0.497 e. The molecule has 1 amide bonds.